The molecule has 0 spiro atoms. The molecule has 0 aliphatic carbocycles. The predicted molar refractivity (Wildman–Crippen MR) is 122 cm³/mol. The maximum Gasteiger partial charge on any atom is 0.103 e. The van der Waals surface area contributed by atoms with Gasteiger partial charge in [0, 0.05) is 28.8 Å². The molecule has 0 radical (unpaired) electrons. The average Bonchev–Trinajstić information content (AvgIpc) is 3.46. The van der Waals surface area contributed by atoms with Gasteiger partial charge in [-0.15, -0.1) is 0 Å². The van der Waals surface area contributed by atoms with E-state index in [1.165, 1.54) is 0 Å². The number of allylic oxidation sites excluding steroid dienone is 3. The Bertz CT molecular complexity index is 1330. The van der Waals surface area contributed by atoms with Gasteiger partial charge in [-0.05, 0) is 50.6 Å². The van der Waals surface area contributed by atoms with Crippen LogP contribution in [0.3, 0.4) is 0 Å². The SMILES string of the molecule is CC1=C(C#N)C(C)C(C#N)=C(c2ccc3[nH]nc(-c4cnn(C5CCNCC5)c4)c3c2)N1. The Hall–Kier alpha value is -3.88. The van der Waals surface area contributed by atoms with Crippen LogP contribution in [0.15, 0.2) is 47.4 Å². The highest BCUT2D eigenvalue weighted by Gasteiger charge is 2.27. The van der Waals surface area contributed by atoms with E-state index in [1.54, 1.807) is 0 Å². The Morgan fingerprint density at radius 2 is 1.88 bits per heavy atom. The van der Waals surface area contributed by atoms with Gasteiger partial charge in [-0.25, -0.2) is 0 Å². The van der Waals surface area contributed by atoms with E-state index in [0.29, 0.717) is 17.2 Å². The number of rotatable bonds is 3. The second kappa shape index (κ2) is 7.99. The highest BCUT2D eigenvalue weighted by molar-refractivity contribution is 5.95. The van der Waals surface area contributed by atoms with Crippen LogP contribution in [0.25, 0.3) is 27.9 Å². The Morgan fingerprint density at radius 1 is 1.09 bits per heavy atom. The van der Waals surface area contributed by atoms with Gasteiger partial charge in [0.15, 0.2) is 0 Å². The summed E-state index contributed by atoms with van der Waals surface area (Å²) in [7, 11) is 0. The molecular weight excluding hydrogens is 400 g/mol. The summed E-state index contributed by atoms with van der Waals surface area (Å²) in [6.45, 7) is 5.80. The molecule has 1 unspecified atom stereocenters. The highest BCUT2D eigenvalue weighted by atomic mass is 15.3. The van der Waals surface area contributed by atoms with Crippen LogP contribution in [0, 0.1) is 28.6 Å². The van der Waals surface area contributed by atoms with E-state index in [1.807, 2.05) is 38.2 Å². The zero-order chi connectivity index (χ0) is 22.2. The number of dihydropyridines is 1. The van der Waals surface area contributed by atoms with Crippen molar-refractivity contribution in [1.29, 1.82) is 10.5 Å². The van der Waals surface area contributed by atoms with Gasteiger partial charge in [-0.1, -0.05) is 13.0 Å². The van der Waals surface area contributed by atoms with Crippen LogP contribution in [-0.4, -0.2) is 33.1 Å². The second-order valence-corrected chi connectivity index (χ2v) is 8.42. The van der Waals surface area contributed by atoms with E-state index in [9.17, 15) is 10.5 Å². The molecule has 2 aliphatic heterocycles. The molecule has 3 aromatic rings. The normalized spacial score (nSPS) is 19.7. The minimum Gasteiger partial charge on any atom is -0.357 e. The average molecular weight is 425 g/mol. The van der Waals surface area contributed by atoms with Gasteiger partial charge in [0.25, 0.3) is 0 Å². The Morgan fingerprint density at radius 3 is 2.62 bits per heavy atom. The van der Waals surface area contributed by atoms with E-state index >= 15 is 0 Å². The molecule has 8 heteroatoms. The molecular formula is C24H24N8. The van der Waals surface area contributed by atoms with Crippen molar-refractivity contribution in [2.45, 2.75) is 32.7 Å². The number of benzene rings is 1. The molecule has 2 aliphatic rings. The maximum absolute atomic E-state index is 9.81. The topological polar surface area (TPSA) is 118 Å². The van der Waals surface area contributed by atoms with Crippen LogP contribution >= 0.6 is 0 Å². The van der Waals surface area contributed by atoms with E-state index < -0.39 is 0 Å². The largest absolute Gasteiger partial charge is 0.357 e. The summed E-state index contributed by atoms with van der Waals surface area (Å²) < 4.78 is 2.05. The van der Waals surface area contributed by atoms with E-state index in [0.717, 1.165) is 65.0 Å². The number of fused-ring (bicyclic) bond motifs is 1. The van der Waals surface area contributed by atoms with Gasteiger partial charge < -0.3 is 10.6 Å². The van der Waals surface area contributed by atoms with Crippen LogP contribution in [0.1, 0.15) is 38.3 Å². The van der Waals surface area contributed by atoms with Gasteiger partial charge >= 0.3 is 0 Å². The van der Waals surface area contributed by atoms with E-state index in [-0.39, 0.29) is 5.92 Å². The lowest BCUT2D eigenvalue weighted by Crippen LogP contribution is -2.29. The lowest BCUT2D eigenvalue weighted by molar-refractivity contribution is 0.343. The van der Waals surface area contributed by atoms with Crippen LogP contribution in [-0.2, 0) is 0 Å². The quantitative estimate of drug-likeness (QED) is 0.591. The Labute approximate surface area is 186 Å². The van der Waals surface area contributed by atoms with Gasteiger partial charge in [0.1, 0.15) is 5.69 Å². The minimum atomic E-state index is -0.246. The van der Waals surface area contributed by atoms with Crippen molar-refractivity contribution in [3.63, 3.8) is 0 Å². The number of aromatic amines is 1. The fraction of sp³-hybridized carbons (Fsp3) is 0.333. The molecule has 2 aromatic heterocycles. The molecule has 1 fully saturated rings. The van der Waals surface area contributed by atoms with Crippen molar-refractivity contribution < 1.29 is 0 Å². The summed E-state index contributed by atoms with van der Waals surface area (Å²) in [5, 5.41) is 39.2. The van der Waals surface area contributed by atoms with Crippen molar-refractivity contribution in [2.75, 3.05) is 13.1 Å². The summed E-state index contributed by atoms with van der Waals surface area (Å²) in [5.41, 5.74) is 6.32. The number of nitrogens with zero attached hydrogens (tertiary/aromatic N) is 5. The van der Waals surface area contributed by atoms with E-state index in [2.05, 4.69) is 48.9 Å². The zero-order valence-corrected chi connectivity index (χ0v) is 18.1. The lowest BCUT2D eigenvalue weighted by Gasteiger charge is -2.25. The summed E-state index contributed by atoms with van der Waals surface area (Å²) in [5.74, 6) is -0.246. The molecule has 0 bridgehead atoms. The molecule has 160 valence electrons. The number of nitriles is 2. The molecule has 1 aromatic carbocycles. The smallest absolute Gasteiger partial charge is 0.103 e. The molecule has 4 heterocycles. The summed E-state index contributed by atoms with van der Waals surface area (Å²) in [4.78, 5) is 0. The first-order valence-corrected chi connectivity index (χ1v) is 10.9. The van der Waals surface area contributed by atoms with Gasteiger partial charge in [-0.2, -0.15) is 20.7 Å². The third-order valence-corrected chi connectivity index (χ3v) is 6.50. The monoisotopic (exact) mass is 424 g/mol. The first-order valence-electron chi connectivity index (χ1n) is 10.9. The van der Waals surface area contributed by atoms with Crippen molar-refractivity contribution in [2.24, 2.45) is 5.92 Å². The van der Waals surface area contributed by atoms with Gasteiger partial charge in [0.2, 0.25) is 0 Å². The third kappa shape index (κ3) is 3.26. The standard InChI is InChI=1S/C24H24N8/c1-14-20(10-25)15(2)29-23(21(14)11-26)16-3-4-22-19(9-16)24(31-30-22)17-12-28-32(13-17)18-5-7-27-8-6-18/h3-4,9,12-14,18,27,29H,5-8H2,1-2H3,(H,30,31). The molecule has 3 N–H and O–H groups in total. The maximum atomic E-state index is 9.81. The van der Waals surface area contributed by atoms with Crippen molar-refractivity contribution in [1.82, 2.24) is 30.6 Å². The molecule has 0 saturated carbocycles. The van der Waals surface area contributed by atoms with Crippen molar-refractivity contribution in [3.05, 3.63) is 53.0 Å². The van der Waals surface area contributed by atoms with Gasteiger partial charge in [-0.3, -0.25) is 9.78 Å². The molecule has 0 amide bonds. The zero-order valence-electron chi connectivity index (χ0n) is 18.1. The van der Waals surface area contributed by atoms with Gasteiger partial charge in [0.05, 0.1) is 46.7 Å². The fourth-order valence-electron chi connectivity index (χ4n) is 4.69. The number of piperidine rings is 1. The fourth-order valence-corrected chi connectivity index (χ4v) is 4.69. The summed E-state index contributed by atoms with van der Waals surface area (Å²) >= 11 is 0. The van der Waals surface area contributed by atoms with Crippen molar-refractivity contribution >= 4 is 16.6 Å². The number of hydrogen-bond acceptors (Lipinski definition) is 6. The Balaban J connectivity index is 1.55. The number of nitrogens with one attached hydrogen (secondary N) is 3. The first kappa shape index (κ1) is 20.0. The minimum absolute atomic E-state index is 0.246. The number of hydrogen-bond donors (Lipinski definition) is 3. The molecule has 1 saturated heterocycles. The van der Waals surface area contributed by atoms with Crippen LogP contribution in [0.5, 0.6) is 0 Å². The molecule has 32 heavy (non-hydrogen) atoms. The van der Waals surface area contributed by atoms with Crippen molar-refractivity contribution in [3.8, 4) is 23.4 Å². The number of aromatic nitrogens is 4. The number of H-pyrrole nitrogens is 1. The predicted octanol–water partition coefficient (Wildman–Crippen LogP) is 3.62. The molecule has 5 rings (SSSR count). The Kier molecular flexibility index (Phi) is 5.01. The third-order valence-electron chi connectivity index (χ3n) is 6.50. The van der Waals surface area contributed by atoms with E-state index in [4.69, 9.17) is 0 Å². The summed E-state index contributed by atoms with van der Waals surface area (Å²) in [6, 6.07) is 10.9. The second-order valence-electron chi connectivity index (χ2n) is 8.42. The highest BCUT2D eigenvalue weighted by Crippen LogP contribution is 2.35. The first-order chi connectivity index (χ1) is 15.6. The summed E-state index contributed by atoms with van der Waals surface area (Å²) in [6.07, 6.45) is 6.08. The lowest BCUT2D eigenvalue weighted by atomic mass is 9.86. The molecule has 8 nitrogen and oxygen atoms in total. The van der Waals surface area contributed by atoms with Crippen LogP contribution in [0.2, 0.25) is 0 Å². The van der Waals surface area contributed by atoms with Crippen LogP contribution in [0.4, 0.5) is 0 Å². The molecule has 1 atom stereocenters. The van der Waals surface area contributed by atoms with Crippen LogP contribution < -0.4 is 10.6 Å².